The highest BCUT2D eigenvalue weighted by molar-refractivity contribution is 5.93. The Balaban J connectivity index is 0.942. The smallest absolute Gasteiger partial charge is 0.0716 e. The van der Waals surface area contributed by atoms with Crippen molar-refractivity contribution in [3.05, 3.63) is 318 Å². The van der Waals surface area contributed by atoms with Gasteiger partial charge < -0.3 is 4.90 Å². The van der Waals surface area contributed by atoms with E-state index in [0.717, 1.165) is 23.5 Å². The van der Waals surface area contributed by atoms with Gasteiger partial charge >= 0.3 is 0 Å². The Morgan fingerprint density at radius 3 is 1.43 bits per heavy atom. The third kappa shape index (κ3) is 6.39. The van der Waals surface area contributed by atoms with Crippen molar-refractivity contribution in [2.24, 2.45) is 5.92 Å². The molecule has 0 heterocycles. The maximum Gasteiger partial charge on any atom is 0.0716 e. The fraction of sp³-hybridized carbons (Fsp3) is 0.0725. The van der Waals surface area contributed by atoms with Gasteiger partial charge in [0.2, 0.25) is 0 Å². The number of hydrogen-bond acceptors (Lipinski definition) is 1. The van der Waals surface area contributed by atoms with Gasteiger partial charge in [0.1, 0.15) is 0 Å². The average molecular weight is 894 g/mol. The van der Waals surface area contributed by atoms with E-state index in [4.69, 9.17) is 0 Å². The summed E-state index contributed by atoms with van der Waals surface area (Å²) in [5, 5.41) is 0. The summed E-state index contributed by atoms with van der Waals surface area (Å²) >= 11 is 0. The van der Waals surface area contributed by atoms with Crippen LogP contribution in [-0.2, 0) is 10.8 Å². The topological polar surface area (TPSA) is 3.24 Å². The van der Waals surface area contributed by atoms with E-state index in [0.29, 0.717) is 5.92 Å². The highest BCUT2D eigenvalue weighted by Gasteiger charge is 2.58. The van der Waals surface area contributed by atoms with E-state index in [1.165, 1.54) is 89.0 Å². The van der Waals surface area contributed by atoms with Crippen molar-refractivity contribution in [2.45, 2.75) is 24.2 Å². The summed E-state index contributed by atoms with van der Waals surface area (Å²) < 4.78 is 0. The van der Waals surface area contributed by atoms with Crippen LogP contribution in [0.3, 0.4) is 0 Å². The second kappa shape index (κ2) is 16.9. The standard InChI is InChI=1S/C69H51N/c1-48-32-40-56(41-33-48)69-62-27-13-11-25-60(62)61-26-17-30-65(67(61)69)68(54-22-9-4-10-23-54,63-28-14-15-29-64(63)69)55-42-34-50(35-43-55)52-38-46-58(47-39-52)70(57-44-36-51(37-45-57)49-18-5-2-6-19-49)66-31-16-12-24-59(66)53-20-7-3-8-21-53/h2-32,34-48H,33H2,1H3. The van der Waals surface area contributed by atoms with Crippen molar-refractivity contribution in [1.29, 1.82) is 0 Å². The first-order valence-corrected chi connectivity index (χ1v) is 24.7. The molecule has 0 saturated carbocycles. The molecule has 70 heavy (non-hydrogen) atoms. The van der Waals surface area contributed by atoms with E-state index >= 15 is 0 Å². The van der Waals surface area contributed by atoms with Crippen LogP contribution in [0, 0.1) is 5.92 Å². The molecule has 0 spiro atoms. The Bertz CT molecular complexity index is 3610. The lowest BCUT2D eigenvalue weighted by molar-refractivity contribution is 0.615. The molecule has 0 amide bonds. The first-order chi connectivity index (χ1) is 34.6. The van der Waals surface area contributed by atoms with E-state index in [9.17, 15) is 0 Å². The Morgan fingerprint density at radius 2 is 0.814 bits per heavy atom. The van der Waals surface area contributed by atoms with Crippen LogP contribution in [0.15, 0.2) is 279 Å². The molecule has 1 heteroatoms. The molecule has 0 radical (unpaired) electrons. The van der Waals surface area contributed by atoms with Gasteiger partial charge in [0.15, 0.2) is 0 Å². The molecule has 3 atom stereocenters. The monoisotopic (exact) mass is 893 g/mol. The average Bonchev–Trinajstić information content (AvgIpc) is 3.75. The largest absolute Gasteiger partial charge is 0.310 e. The van der Waals surface area contributed by atoms with Crippen molar-refractivity contribution < 1.29 is 0 Å². The molecule has 0 saturated heterocycles. The summed E-state index contributed by atoms with van der Waals surface area (Å²) in [4.78, 5) is 2.39. The number of rotatable bonds is 9. The number of allylic oxidation sites excluding steroid dienone is 4. The molecule has 3 aliphatic carbocycles. The number of fused-ring (bicyclic) bond motifs is 5. The second-order valence-corrected chi connectivity index (χ2v) is 19.2. The summed E-state index contributed by atoms with van der Waals surface area (Å²) in [5.41, 5.74) is 22.8. The van der Waals surface area contributed by atoms with Crippen molar-refractivity contribution in [3.63, 3.8) is 0 Å². The molecule has 0 N–H and O–H groups in total. The minimum atomic E-state index is -0.577. The van der Waals surface area contributed by atoms with Gasteiger partial charge in [0, 0.05) is 16.9 Å². The molecular formula is C69H51N. The van der Waals surface area contributed by atoms with Crippen LogP contribution in [0.2, 0.25) is 0 Å². The van der Waals surface area contributed by atoms with E-state index in [1.807, 2.05) is 0 Å². The quantitative estimate of drug-likeness (QED) is 0.140. The zero-order chi connectivity index (χ0) is 46.7. The lowest BCUT2D eigenvalue weighted by atomic mass is 9.51. The van der Waals surface area contributed by atoms with Gasteiger partial charge in [-0.15, -0.1) is 0 Å². The minimum absolute atomic E-state index is 0.435. The fourth-order valence-corrected chi connectivity index (χ4v) is 12.3. The fourth-order valence-electron chi connectivity index (χ4n) is 12.3. The highest BCUT2D eigenvalue weighted by atomic mass is 15.1. The summed E-state index contributed by atoms with van der Waals surface area (Å²) in [7, 11) is 0. The number of para-hydroxylation sites is 1. The molecule has 332 valence electrons. The van der Waals surface area contributed by atoms with Crippen molar-refractivity contribution >= 4 is 17.1 Å². The maximum absolute atomic E-state index is 2.53. The van der Waals surface area contributed by atoms with E-state index in [-0.39, 0.29) is 0 Å². The third-order valence-corrected chi connectivity index (χ3v) is 15.4. The SMILES string of the molecule is CC1C=CC(C23c4ccccc4-c4cccc(c42)C(c2ccccc2)(c2ccc(-c4ccc(N(c5ccc(-c6ccccc6)cc5)c5ccccc5-c5ccccc5)cc4)cc2)c2ccccc23)=CC1. The lowest BCUT2D eigenvalue weighted by Crippen LogP contribution is -2.44. The van der Waals surface area contributed by atoms with Crippen LogP contribution in [0.5, 0.6) is 0 Å². The first kappa shape index (κ1) is 41.7. The number of benzene rings is 10. The van der Waals surface area contributed by atoms with Gasteiger partial charge in [-0.1, -0.05) is 250 Å². The van der Waals surface area contributed by atoms with Gasteiger partial charge in [-0.3, -0.25) is 0 Å². The molecule has 0 fully saturated rings. The second-order valence-electron chi connectivity index (χ2n) is 19.2. The molecule has 3 aliphatic rings. The summed E-state index contributed by atoms with van der Waals surface area (Å²) in [6, 6.07) is 94.5. The normalized spacial score (nSPS) is 18.3. The minimum Gasteiger partial charge on any atom is -0.310 e. The molecule has 3 unspecified atom stereocenters. The van der Waals surface area contributed by atoms with Gasteiger partial charge in [-0.05, 0) is 126 Å². The highest BCUT2D eigenvalue weighted by Crippen LogP contribution is 2.66. The predicted octanol–water partition coefficient (Wildman–Crippen LogP) is 17.7. The van der Waals surface area contributed by atoms with Gasteiger partial charge in [-0.25, -0.2) is 0 Å². The van der Waals surface area contributed by atoms with Crippen LogP contribution in [0.1, 0.15) is 52.3 Å². The predicted molar refractivity (Wildman–Crippen MR) is 292 cm³/mol. The van der Waals surface area contributed by atoms with Crippen molar-refractivity contribution in [1.82, 2.24) is 0 Å². The molecule has 0 aromatic heterocycles. The molecule has 10 aromatic carbocycles. The molecular weight excluding hydrogens is 843 g/mol. The van der Waals surface area contributed by atoms with E-state index in [2.05, 4.69) is 285 Å². The number of hydrogen-bond donors (Lipinski definition) is 0. The number of anilines is 3. The van der Waals surface area contributed by atoms with E-state index < -0.39 is 10.8 Å². The van der Waals surface area contributed by atoms with Crippen LogP contribution in [0.25, 0.3) is 44.5 Å². The van der Waals surface area contributed by atoms with Gasteiger partial charge in [0.05, 0.1) is 16.5 Å². The molecule has 10 aromatic rings. The Morgan fingerprint density at radius 1 is 0.357 bits per heavy atom. The third-order valence-electron chi connectivity index (χ3n) is 15.4. The van der Waals surface area contributed by atoms with Crippen LogP contribution in [0.4, 0.5) is 17.1 Å². The Kier molecular flexibility index (Phi) is 10.1. The van der Waals surface area contributed by atoms with Gasteiger partial charge in [-0.2, -0.15) is 0 Å². The lowest BCUT2D eigenvalue weighted by Gasteiger charge is -2.50. The van der Waals surface area contributed by atoms with Crippen LogP contribution < -0.4 is 4.90 Å². The molecule has 0 bridgehead atoms. The van der Waals surface area contributed by atoms with E-state index in [1.54, 1.807) is 0 Å². The summed E-state index contributed by atoms with van der Waals surface area (Å²) in [6.45, 7) is 2.32. The van der Waals surface area contributed by atoms with Gasteiger partial charge in [0.25, 0.3) is 0 Å². The molecule has 0 aliphatic heterocycles. The zero-order valence-corrected chi connectivity index (χ0v) is 39.2. The van der Waals surface area contributed by atoms with Crippen LogP contribution >= 0.6 is 0 Å². The number of nitrogens with zero attached hydrogens (tertiary/aromatic N) is 1. The van der Waals surface area contributed by atoms with Crippen molar-refractivity contribution in [3.8, 4) is 44.5 Å². The Labute approximate surface area is 412 Å². The summed E-state index contributed by atoms with van der Waals surface area (Å²) in [5.74, 6) is 0.510. The maximum atomic E-state index is 2.53. The zero-order valence-electron chi connectivity index (χ0n) is 39.2. The van der Waals surface area contributed by atoms with Crippen LogP contribution in [-0.4, -0.2) is 0 Å². The van der Waals surface area contributed by atoms with Crippen molar-refractivity contribution in [2.75, 3.05) is 4.90 Å². The first-order valence-electron chi connectivity index (χ1n) is 24.7. The molecule has 1 nitrogen and oxygen atoms in total. The summed E-state index contributed by atoms with van der Waals surface area (Å²) in [6.07, 6.45) is 8.42. The molecule has 13 rings (SSSR count). The Hall–Kier alpha value is -8.52.